The monoisotopic (exact) mass is 552 g/mol. The van der Waals surface area contributed by atoms with Gasteiger partial charge in [0.2, 0.25) is 11.4 Å². The molecule has 1 fully saturated rings. The molecule has 0 unspecified atom stereocenters. The van der Waals surface area contributed by atoms with E-state index in [0.717, 1.165) is 56.6 Å². The molecule has 4 aromatic rings. The van der Waals surface area contributed by atoms with Crippen LogP contribution >= 0.6 is 0 Å². The fraction of sp³-hybridized carbons (Fsp3) is 0.375. The highest BCUT2D eigenvalue weighted by Gasteiger charge is 2.22. The molecule has 0 radical (unpaired) electrons. The van der Waals surface area contributed by atoms with Crippen LogP contribution in [0.25, 0.3) is 16.7 Å². The van der Waals surface area contributed by atoms with Crippen molar-refractivity contribution in [3.63, 3.8) is 0 Å². The molecule has 0 spiro atoms. The number of anilines is 2. The van der Waals surface area contributed by atoms with Crippen molar-refractivity contribution in [3.05, 3.63) is 87.3 Å². The van der Waals surface area contributed by atoms with E-state index in [9.17, 15) is 9.59 Å². The summed E-state index contributed by atoms with van der Waals surface area (Å²) in [4.78, 5) is 42.6. The summed E-state index contributed by atoms with van der Waals surface area (Å²) in [6.07, 6.45) is 9.73. The van der Waals surface area contributed by atoms with Gasteiger partial charge in [-0.3, -0.25) is 14.4 Å². The van der Waals surface area contributed by atoms with Crippen molar-refractivity contribution in [1.82, 2.24) is 24.9 Å². The molecule has 3 heterocycles. The topological polar surface area (TPSA) is 101 Å². The van der Waals surface area contributed by atoms with E-state index in [1.165, 1.54) is 49.2 Å². The normalized spacial score (nSPS) is 15.7. The maximum Gasteiger partial charge on any atom is 0.280 e. The third kappa shape index (κ3) is 5.60. The first-order chi connectivity index (χ1) is 20.0. The first-order valence-corrected chi connectivity index (χ1v) is 14.5. The Bertz CT molecular complexity index is 1640. The summed E-state index contributed by atoms with van der Waals surface area (Å²) in [6.45, 7) is 5.67. The van der Waals surface area contributed by atoms with E-state index in [0.29, 0.717) is 17.5 Å². The molecule has 1 aliphatic heterocycles. The molecule has 9 heteroatoms. The average molecular weight is 553 g/mol. The molecule has 0 saturated carbocycles. The van der Waals surface area contributed by atoms with Gasteiger partial charge in [0.05, 0.1) is 12.5 Å². The number of hydroxylamine groups is 1. The lowest BCUT2D eigenvalue weighted by molar-refractivity contribution is 0.0536. The summed E-state index contributed by atoms with van der Waals surface area (Å²) in [7, 11) is 1.34. The molecular weight excluding hydrogens is 516 g/mol. The van der Waals surface area contributed by atoms with Crippen LogP contribution in [0.4, 0.5) is 11.6 Å². The number of likely N-dealkylation sites (tertiary alicyclic amines) is 1. The van der Waals surface area contributed by atoms with Crippen molar-refractivity contribution in [2.45, 2.75) is 51.4 Å². The first-order valence-electron chi connectivity index (χ1n) is 14.5. The molecule has 0 bridgehead atoms. The molecule has 6 rings (SSSR count). The van der Waals surface area contributed by atoms with Gasteiger partial charge in [0, 0.05) is 23.8 Å². The Morgan fingerprint density at radius 1 is 1.10 bits per heavy atom. The number of aromatic nitrogens is 3. The third-order valence-corrected chi connectivity index (χ3v) is 8.29. The second-order valence-electron chi connectivity index (χ2n) is 11.0. The lowest BCUT2D eigenvalue weighted by atomic mass is 9.89. The molecule has 1 aliphatic carbocycles. The van der Waals surface area contributed by atoms with Gasteiger partial charge in [-0.1, -0.05) is 25.1 Å². The number of benzene rings is 2. The van der Waals surface area contributed by atoms with Crippen molar-refractivity contribution in [2.75, 3.05) is 32.1 Å². The van der Waals surface area contributed by atoms with Gasteiger partial charge in [0.1, 0.15) is 5.56 Å². The molecule has 2 N–H and O–H groups in total. The lowest BCUT2D eigenvalue weighted by Gasteiger charge is -2.32. The Balaban J connectivity index is 1.35. The Hall–Kier alpha value is -4.08. The van der Waals surface area contributed by atoms with E-state index < -0.39 is 11.3 Å². The molecule has 1 saturated heterocycles. The van der Waals surface area contributed by atoms with Gasteiger partial charge in [-0.2, -0.15) is 4.98 Å². The number of hydrogen-bond donors (Lipinski definition) is 2. The van der Waals surface area contributed by atoms with Crippen LogP contribution in [-0.4, -0.2) is 52.1 Å². The van der Waals surface area contributed by atoms with Crippen LogP contribution in [0.1, 0.15) is 65.6 Å². The summed E-state index contributed by atoms with van der Waals surface area (Å²) in [5, 5.41) is 3.61. The number of aryl methyl sites for hydroxylation is 2. The minimum Gasteiger partial charge on any atom is -0.324 e. The zero-order chi connectivity index (χ0) is 28.3. The fourth-order valence-electron chi connectivity index (χ4n) is 6.19. The van der Waals surface area contributed by atoms with Gasteiger partial charge >= 0.3 is 0 Å². The number of carbonyl (C=O) groups excluding carboxylic acids is 1. The molecule has 1 amide bonds. The largest absolute Gasteiger partial charge is 0.324 e. The minimum atomic E-state index is -0.617. The SMILES string of the molecule is CCCN1CCC(c2cccc(Nc3ncc4c(=O)c(C(=O)NOC)cn(-c5ccc6c(c5)CCC6)c4n3)c2)CC1. The molecule has 0 atom stereocenters. The van der Waals surface area contributed by atoms with Crippen molar-refractivity contribution in [1.29, 1.82) is 0 Å². The van der Waals surface area contributed by atoms with Crippen LogP contribution in [0.2, 0.25) is 0 Å². The lowest BCUT2D eigenvalue weighted by Crippen LogP contribution is -2.33. The third-order valence-electron chi connectivity index (χ3n) is 8.29. The second-order valence-corrected chi connectivity index (χ2v) is 11.0. The molecule has 9 nitrogen and oxygen atoms in total. The molecule has 2 aromatic heterocycles. The zero-order valence-corrected chi connectivity index (χ0v) is 23.7. The number of carbonyl (C=O) groups is 1. The van der Waals surface area contributed by atoms with E-state index in [2.05, 4.69) is 57.9 Å². The first kappa shape index (κ1) is 27.1. The summed E-state index contributed by atoms with van der Waals surface area (Å²) in [5.74, 6) is 0.300. The summed E-state index contributed by atoms with van der Waals surface area (Å²) < 4.78 is 1.80. The highest BCUT2D eigenvalue weighted by atomic mass is 16.6. The number of hydrogen-bond acceptors (Lipinski definition) is 7. The van der Waals surface area contributed by atoms with Crippen LogP contribution in [0.5, 0.6) is 0 Å². The molecule has 41 heavy (non-hydrogen) atoms. The van der Waals surface area contributed by atoms with Gasteiger partial charge < -0.3 is 14.8 Å². The van der Waals surface area contributed by atoms with Crippen LogP contribution in [0, 0.1) is 0 Å². The Morgan fingerprint density at radius 3 is 2.73 bits per heavy atom. The van der Waals surface area contributed by atoms with Crippen LogP contribution in [0.3, 0.4) is 0 Å². The fourth-order valence-corrected chi connectivity index (χ4v) is 6.19. The number of piperidine rings is 1. The van der Waals surface area contributed by atoms with Gasteiger partial charge in [-0.15, -0.1) is 0 Å². The Morgan fingerprint density at radius 2 is 1.93 bits per heavy atom. The highest BCUT2D eigenvalue weighted by Crippen LogP contribution is 2.31. The quantitative estimate of drug-likeness (QED) is 0.300. The van der Waals surface area contributed by atoms with Crippen LogP contribution in [-0.2, 0) is 17.7 Å². The Labute approximate surface area is 239 Å². The zero-order valence-electron chi connectivity index (χ0n) is 23.7. The number of pyridine rings is 1. The summed E-state index contributed by atoms with van der Waals surface area (Å²) in [5.41, 5.74) is 7.88. The summed E-state index contributed by atoms with van der Waals surface area (Å²) in [6, 6.07) is 14.7. The highest BCUT2D eigenvalue weighted by molar-refractivity contribution is 5.96. The van der Waals surface area contributed by atoms with E-state index in [1.807, 2.05) is 12.1 Å². The van der Waals surface area contributed by atoms with E-state index >= 15 is 0 Å². The van der Waals surface area contributed by atoms with Gasteiger partial charge in [0.25, 0.3) is 5.91 Å². The maximum absolute atomic E-state index is 13.3. The smallest absolute Gasteiger partial charge is 0.280 e. The number of rotatable bonds is 8. The minimum absolute atomic E-state index is 0.0400. The number of amides is 1. The van der Waals surface area contributed by atoms with E-state index in [4.69, 9.17) is 9.82 Å². The van der Waals surface area contributed by atoms with Gasteiger partial charge in [-0.25, -0.2) is 10.5 Å². The molecule has 212 valence electrons. The predicted octanol–water partition coefficient (Wildman–Crippen LogP) is 4.89. The van der Waals surface area contributed by atoms with E-state index in [1.54, 1.807) is 4.57 Å². The van der Waals surface area contributed by atoms with E-state index in [-0.39, 0.29) is 10.9 Å². The number of fused-ring (bicyclic) bond motifs is 2. The molecular formula is C32H36N6O3. The molecule has 2 aromatic carbocycles. The van der Waals surface area contributed by atoms with Crippen LogP contribution in [0.15, 0.2) is 59.7 Å². The standard InChI is InChI=1S/C32H36N6O3/c1-3-14-37-15-12-22(13-16-37)23-8-5-9-25(17-23)34-32-33-19-27-29(39)28(31(40)36-41-2)20-38(30(27)35-32)26-11-10-21-6-4-7-24(21)18-26/h5,8-11,17-20,22H,3-4,6-7,12-16H2,1-2H3,(H,36,40)(H,33,34,35). The summed E-state index contributed by atoms with van der Waals surface area (Å²) >= 11 is 0. The van der Waals surface area contributed by atoms with Crippen molar-refractivity contribution in [2.24, 2.45) is 0 Å². The van der Waals surface area contributed by atoms with Crippen molar-refractivity contribution >= 4 is 28.6 Å². The average Bonchev–Trinajstić information content (AvgIpc) is 3.46. The van der Waals surface area contributed by atoms with Crippen molar-refractivity contribution in [3.8, 4) is 5.69 Å². The number of nitrogens with zero attached hydrogens (tertiary/aromatic N) is 4. The maximum atomic E-state index is 13.3. The molecule has 2 aliphatic rings. The number of nitrogens with one attached hydrogen (secondary N) is 2. The van der Waals surface area contributed by atoms with Crippen molar-refractivity contribution < 1.29 is 9.63 Å². The van der Waals surface area contributed by atoms with Crippen LogP contribution < -0.4 is 16.2 Å². The van der Waals surface area contributed by atoms with Gasteiger partial charge in [0.15, 0.2) is 5.65 Å². The van der Waals surface area contributed by atoms with Gasteiger partial charge in [-0.05, 0) is 105 Å². The Kier molecular flexibility index (Phi) is 7.80. The predicted molar refractivity (Wildman–Crippen MR) is 160 cm³/mol. The second kappa shape index (κ2) is 11.8.